The summed E-state index contributed by atoms with van der Waals surface area (Å²) >= 11 is 5.53. The number of unbranched alkanes of at least 4 members (excludes halogenated alkanes) is 5. The van der Waals surface area contributed by atoms with E-state index in [9.17, 15) is 13.2 Å². The highest BCUT2D eigenvalue weighted by molar-refractivity contribution is 7.92. The molecule has 1 heterocycles. The summed E-state index contributed by atoms with van der Waals surface area (Å²) in [5.74, 6) is -0.0415. The monoisotopic (exact) mass is 523 g/mol. The van der Waals surface area contributed by atoms with Crippen LogP contribution in [0.2, 0.25) is 0 Å². The molecule has 1 aromatic rings. The maximum atomic E-state index is 13.0. The van der Waals surface area contributed by atoms with E-state index in [1.165, 1.54) is 12.8 Å². The van der Waals surface area contributed by atoms with E-state index in [-0.39, 0.29) is 17.6 Å². The van der Waals surface area contributed by atoms with Crippen LogP contribution in [0.15, 0.2) is 35.5 Å². The van der Waals surface area contributed by atoms with Crippen molar-refractivity contribution in [1.82, 2.24) is 10.2 Å². The van der Waals surface area contributed by atoms with Gasteiger partial charge in [0, 0.05) is 17.9 Å². The van der Waals surface area contributed by atoms with Crippen molar-refractivity contribution in [2.75, 3.05) is 23.6 Å². The minimum atomic E-state index is -3.41. The Balaban J connectivity index is 2.14. The minimum Gasteiger partial charge on any atom is -0.462 e. The summed E-state index contributed by atoms with van der Waals surface area (Å²) in [5.41, 5.74) is 2.58. The first-order chi connectivity index (χ1) is 16.6. The van der Waals surface area contributed by atoms with Crippen molar-refractivity contribution in [2.24, 2.45) is 5.92 Å². The van der Waals surface area contributed by atoms with Crippen LogP contribution in [0, 0.1) is 5.92 Å². The van der Waals surface area contributed by atoms with Gasteiger partial charge in [-0.25, -0.2) is 13.2 Å². The minimum absolute atomic E-state index is 0.111. The van der Waals surface area contributed by atoms with E-state index in [0.717, 1.165) is 30.5 Å². The van der Waals surface area contributed by atoms with Gasteiger partial charge in [0.05, 0.1) is 24.0 Å². The maximum Gasteiger partial charge on any atom is 0.338 e. The molecule has 1 aromatic carbocycles. The average molecular weight is 524 g/mol. The van der Waals surface area contributed by atoms with Crippen LogP contribution in [0.3, 0.4) is 0 Å². The number of carbonyl (C=O) groups is 1. The molecule has 0 bridgehead atoms. The molecule has 0 amide bonds. The molecule has 0 saturated carbocycles. The maximum absolute atomic E-state index is 13.0. The molecule has 1 aliphatic heterocycles. The van der Waals surface area contributed by atoms with Crippen molar-refractivity contribution >= 4 is 39.0 Å². The number of hydrogen-bond acceptors (Lipinski definition) is 5. The Labute approximate surface area is 216 Å². The lowest BCUT2D eigenvalue weighted by atomic mass is 9.95. The van der Waals surface area contributed by atoms with Crippen LogP contribution in [-0.2, 0) is 19.6 Å². The molecule has 1 aliphatic rings. The smallest absolute Gasteiger partial charge is 0.338 e. The first-order valence-electron chi connectivity index (χ1n) is 12.7. The molecule has 0 spiro atoms. The van der Waals surface area contributed by atoms with Gasteiger partial charge in [-0.15, -0.1) is 0 Å². The number of sulfonamides is 1. The van der Waals surface area contributed by atoms with E-state index in [1.54, 1.807) is 12.1 Å². The van der Waals surface area contributed by atoms with E-state index in [4.69, 9.17) is 17.0 Å². The van der Waals surface area contributed by atoms with Crippen molar-refractivity contribution in [3.8, 4) is 0 Å². The molecule has 0 radical (unpaired) electrons. The molecule has 0 saturated heterocycles. The quantitative estimate of drug-likeness (QED) is 0.189. The lowest BCUT2D eigenvalue weighted by molar-refractivity contribution is -0.140. The molecule has 2 N–H and O–H groups in total. The lowest BCUT2D eigenvalue weighted by Crippen LogP contribution is -2.47. The van der Waals surface area contributed by atoms with Crippen LogP contribution in [0.5, 0.6) is 0 Å². The summed E-state index contributed by atoms with van der Waals surface area (Å²) < 4.78 is 33.2. The van der Waals surface area contributed by atoms with Crippen LogP contribution in [0.4, 0.5) is 5.69 Å². The normalized spacial score (nSPS) is 16.5. The van der Waals surface area contributed by atoms with E-state index < -0.39 is 16.1 Å². The Morgan fingerprint density at radius 2 is 1.74 bits per heavy atom. The van der Waals surface area contributed by atoms with Crippen molar-refractivity contribution < 1.29 is 17.9 Å². The predicted molar refractivity (Wildman–Crippen MR) is 147 cm³/mol. The third-order valence-electron chi connectivity index (χ3n) is 5.96. The molecule has 1 unspecified atom stereocenters. The summed E-state index contributed by atoms with van der Waals surface area (Å²) in [6, 6.07) is 6.59. The second-order valence-electron chi connectivity index (χ2n) is 9.43. The topological polar surface area (TPSA) is 87.7 Å². The third kappa shape index (κ3) is 8.79. The Morgan fingerprint density at radius 3 is 2.34 bits per heavy atom. The molecular formula is C26H41N3O4S2. The first kappa shape index (κ1) is 29.1. The predicted octanol–water partition coefficient (Wildman–Crippen LogP) is 5.51. The molecule has 9 heteroatoms. The van der Waals surface area contributed by atoms with Gasteiger partial charge in [-0.2, -0.15) is 0 Å². The van der Waals surface area contributed by atoms with Gasteiger partial charge in [0.25, 0.3) is 0 Å². The number of nitrogens with zero attached hydrogens (tertiary/aromatic N) is 1. The fourth-order valence-corrected chi connectivity index (χ4v) is 5.61. The fraction of sp³-hybridized carbons (Fsp3) is 0.615. The van der Waals surface area contributed by atoms with Crippen LogP contribution in [0.25, 0.3) is 0 Å². The van der Waals surface area contributed by atoms with Gasteiger partial charge >= 0.3 is 5.97 Å². The highest BCUT2D eigenvalue weighted by Crippen LogP contribution is 2.32. The summed E-state index contributed by atoms with van der Waals surface area (Å²) in [5, 5.41) is 3.80. The number of rotatable bonds is 14. The van der Waals surface area contributed by atoms with Crippen LogP contribution < -0.4 is 10.0 Å². The standard InChI is InChI=1S/C26H41N3O4S2/c1-6-8-9-10-11-12-17-35(31,32)28-22-15-13-21(14-16-22)24-23(25(30)33-18-19(3)4)20(5)29(7-2)26(34)27-24/h13-16,19,24,28H,6-12,17-18H2,1-5H3,(H,27,34). The van der Waals surface area contributed by atoms with Gasteiger partial charge < -0.3 is 15.0 Å². The Morgan fingerprint density at radius 1 is 1.11 bits per heavy atom. The first-order valence-corrected chi connectivity index (χ1v) is 14.7. The zero-order chi connectivity index (χ0) is 26.0. The van der Waals surface area contributed by atoms with Crippen LogP contribution in [0.1, 0.15) is 84.7 Å². The SMILES string of the molecule is CCCCCCCCS(=O)(=O)Nc1ccc(C2NC(=S)N(CC)C(C)=C2C(=O)OCC(C)C)cc1. The Hall–Kier alpha value is -2.13. The van der Waals surface area contributed by atoms with Crippen molar-refractivity contribution in [2.45, 2.75) is 79.2 Å². The van der Waals surface area contributed by atoms with Gasteiger partial charge in [-0.1, -0.05) is 65.0 Å². The number of esters is 1. The van der Waals surface area contributed by atoms with Crippen molar-refractivity contribution in [3.63, 3.8) is 0 Å². The molecular weight excluding hydrogens is 482 g/mol. The number of nitrogens with one attached hydrogen (secondary N) is 2. The zero-order valence-corrected chi connectivity index (χ0v) is 23.4. The summed E-state index contributed by atoms with van der Waals surface area (Å²) in [4.78, 5) is 14.9. The highest BCUT2D eigenvalue weighted by atomic mass is 32.2. The molecule has 0 aromatic heterocycles. The van der Waals surface area contributed by atoms with Crippen molar-refractivity contribution in [1.29, 1.82) is 0 Å². The van der Waals surface area contributed by atoms with Gasteiger partial charge in [0.2, 0.25) is 10.0 Å². The number of hydrogen-bond donors (Lipinski definition) is 2. The van der Waals surface area contributed by atoms with E-state index >= 15 is 0 Å². The number of anilines is 1. The van der Waals surface area contributed by atoms with Crippen LogP contribution >= 0.6 is 12.2 Å². The second-order valence-corrected chi connectivity index (χ2v) is 11.7. The van der Waals surface area contributed by atoms with Gasteiger partial charge in [-0.05, 0) is 56.1 Å². The third-order valence-corrected chi connectivity index (χ3v) is 7.68. The number of benzene rings is 1. The average Bonchev–Trinajstić information content (AvgIpc) is 2.80. The molecule has 1 atom stereocenters. The second kappa shape index (κ2) is 13.8. The van der Waals surface area contributed by atoms with Gasteiger partial charge in [0.1, 0.15) is 0 Å². The molecule has 196 valence electrons. The summed E-state index contributed by atoms with van der Waals surface area (Å²) in [7, 11) is -3.41. The number of thiocarbonyl (C=S) groups is 1. The molecule has 2 rings (SSSR count). The molecule has 0 aliphatic carbocycles. The van der Waals surface area contributed by atoms with Crippen molar-refractivity contribution in [3.05, 3.63) is 41.1 Å². The molecule has 0 fully saturated rings. The number of ether oxygens (including phenoxy) is 1. The largest absolute Gasteiger partial charge is 0.462 e. The summed E-state index contributed by atoms with van der Waals surface area (Å²) in [6.45, 7) is 11.0. The van der Waals surface area contributed by atoms with Crippen LogP contribution in [-0.4, -0.2) is 43.3 Å². The number of allylic oxidation sites excluding steroid dienone is 1. The van der Waals surface area contributed by atoms with Gasteiger partial charge in [0.15, 0.2) is 5.11 Å². The summed E-state index contributed by atoms with van der Waals surface area (Å²) in [6.07, 6.45) is 6.16. The highest BCUT2D eigenvalue weighted by Gasteiger charge is 2.34. The van der Waals surface area contributed by atoms with E-state index in [0.29, 0.717) is 35.9 Å². The fourth-order valence-electron chi connectivity index (χ4n) is 4.04. The van der Waals surface area contributed by atoms with E-state index in [1.807, 2.05) is 44.7 Å². The Kier molecular flexibility index (Phi) is 11.5. The zero-order valence-electron chi connectivity index (χ0n) is 21.7. The van der Waals surface area contributed by atoms with Gasteiger partial charge in [-0.3, -0.25) is 4.72 Å². The number of carbonyl (C=O) groups excluding carboxylic acids is 1. The molecule has 35 heavy (non-hydrogen) atoms. The van der Waals surface area contributed by atoms with E-state index in [2.05, 4.69) is 17.0 Å². The lowest BCUT2D eigenvalue weighted by Gasteiger charge is -2.37. The Bertz CT molecular complexity index is 988. The molecule has 7 nitrogen and oxygen atoms in total.